The van der Waals surface area contributed by atoms with Crippen LogP contribution >= 0.6 is 11.8 Å². The summed E-state index contributed by atoms with van der Waals surface area (Å²) in [5, 5.41) is 3.69. The lowest BCUT2D eigenvalue weighted by molar-refractivity contribution is 0.414. The molecular formula is C18H31NOS. The largest absolute Gasteiger partial charge is 0.497 e. The molecule has 0 heterocycles. The van der Waals surface area contributed by atoms with Crippen LogP contribution in [0, 0.1) is 0 Å². The van der Waals surface area contributed by atoms with E-state index in [4.69, 9.17) is 4.74 Å². The summed E-state index contributed by atoms with van der Waals surface area (Å²) in [6.07, 6.45) is 3.50. The lowest BCUT2D eigenvalue weighted by Gasteiger charge is -2.24. The molecule has 0 saturated carbocycles. The zero-order chi connectivity index (χ0) is 15.7. The summed E-state index contributed by atoms with van der Waals surface area (Å²) in [5.41, 5.74) is 1.39. The van der Waals surface area contributed by atoms with E-state index < -0.39 is 0 Å². The number of rotatable bonds is 9. The zero-order valence-electron chi connectivity index (χ0n) is 14.2. The first-order valence-electron chi connectivity index (χ1n) is 7.95. The Morgan fingerprint density at radius 3 is 2.38 bits per heavy atom. The highest BCUT2D eigenvalue weighted by molar-refractivity contribution is 8.00. The van der Waals surface area contributed by atoms with Gasteiger partial charge in [0.1, 0.15) is 5.75 Å². The van der Waals surface area contributed by atoms with E-state index in [0.29, 0.717) is 10.8 Å². The van der Waals surface area contributed by atoms with Crippen LogP contribution in [0.4, 0.5) is 0 Å². The molecule has 1 rings (SSSR count). The van der Waals surface area contributed by atoms with Gasteiger partial charge in [-0.25, -0.2) is 0 Å². The molecule has 1 unspecified atom stereocenters. The first-order chi connectivity index (χ1) is 9.94. The van der Waals surface area contributed by atoms with E-state index in [-0.39, 0.29) is 0 Å². The van der Waals surface area contributed by atoms with Gasteiger partial charge in [0.15, 0.2) is 0 Å². The van der Waals surface area contributed by atoms with E-state index in [9.17, 15) is 0 Å². The summed E-state index contributed by atoms with van der Waals surface area (Å²) in [6.45, 7) is 10.2. The van der Waals surface area contributed by atoms with E-state index in [1.165, 1.54) is 24.2 Å². The average Bonchev–Trinajstić information content (AvgIpc) is 2.46. The Balaban J connectivity index is 2.46. The first-order valence-corrected chi connectivity index (χ1v) is 8.93. The molecule has 0 amide bonds. The molecule has 0 aliphatic carbocycles. The third kappa shape index (κ3) is 8.37. The molecule has 0 fully saturated rings. The van der Waals surface area contributed by atoms with Crippen LogP contribution in [-0.2, 0) is 6.42 Å². The van der Waals surface area contributed by atoms with Crippen LogP contribution in [0.5, 0.6) is 5.75 Å². The van der Waals surface area contributed by atoms with Gasteiger partial charge in [-0.2, -0.15) is 11.8 Å². The van der Waals surface area contributed by atoms with E-state index in [0.717, 1.165) is 18.7 Å². The predicted octanol–water partition coefficient (Wildman–Crippen LogP) is 4.53. The average molecular weight is 310 g/mol. The van der Waals surface area contributed by atoms with Gasteiger partial charge in [-0.15, -0.1) is 0 Å². The number of thioether (sulfide) groups is 1. The van der Waals surface area contributed by atoms with Gasteiger partial charge in [0.05, 0.1) is 7.11 Å². The van der Waals surface area contributed by atoms with Crippen LogP contribution in [0.25, 0.3) is 0 Å². The van der Waals surface area contributed by atoms with Crippen molar-refractivity contribution in [3.63, 3.8) is 0 Å². The molecule has 0 aliphatic rings. The second-order valence-corrected chi connectivity index (χ2v) is 8.31. The van der Waals surface area contributed by atoms with Crippen LogP contribution in [0.1, 0.15) is 46.1 Å². The molecule has 2 nitrogen and oxygen atoms in total. The third-order valence-corrected chi connectivity index (χ3v) is 4.78. The molecular weight excluding hydrogens is 278 g/mol. The van der Waals surface area contributed by atoms with Gasteiger partial charge in [-0.05, 0) is 43.5 Å². The smallest absolute Gasteiger partial charge is 0.118 e. The van der Waals surface area contributed by atoms with Crippen LogP contribution in [-0.4, -0.2) is 30.2 Å². The summed E-state index contributed by atoms with van der Waals surface area (Å²) >= 11 is 2.05. The summed E-state index contributed by atoms with van der Waals surface area (Å²) in [4.78, 5) is 0. The maximum atomic E-state index is 5.21. The summed E-state index contributed by atoms with van der Waals surface area (Å²) in [6, 6.07) is 9.04. The molecule has 3 heteroatoms. The Kier molecular flexibility index (Phi) is 8.20. The quantitative estimate of drug-likeness (QED) is 0.724. The monoisotopic (exact) mass is 309 g/mol. The molecule has 1 N–H and O–H groups in total. The molecule has 0 aliphatic heterocycles. The van der Waals surface area contributed by atoms with Crippen LogP contribution in [0.3, 0.4) is 0 Å². The van der Waals surface area contributed by atoms with Crippen molar-refractivity contribution in [1.29, 1.82) is 0 Å². The number of ether oxygens (including phenoxy) is 1. The van der Waals surface area contributed by atoms with Crippen LogP contribution in [0.15, 0.2) is 24.3 Å². The van der Waals surface area contributed by atoms with E-state index >= 15 is 0 Å². The molecule has 21 heavy (non-hydrogen) atoms. The third-order valence-electron chi connectivity index (χ3n) is 3.34. The van der Waals surface area contributed by atoms with Crippen molar-refractivity contribution in [3.05, 3.63) is 29.8 Å². The van der Waals surface area contributed by atoms with E-state index in [1.54, 1.807) is 7.11 Å². The molecule has 0 aromatic heterocycles. The molecule has 0 saturated heterocycles. The fourth-order valence-electron chi connectivity index (χ4n) is 2.08. The van der Waals surface area contributed by atoms with Crippen molar-refractivity contribution < 1.29 is 4.74 Å². The SMILES string of the molecule is CCCNC(CCc1ccc(OC)cc1)CSC(C)(C)C. The zero-order valence-corrected chi connectivity index (χ0v) is 15.1. The number of benzene rings is 1. The Bertz CT molecular complexity index is 383. The van der Waals surface area contributed by atoms with Gasteiger partial charge in [-0.3, -0.25) is 0 Å². The van der Waals surface area contributed by atoms with Crippen LogP contribution in [0.2, 0.25) is 0 Å². The maximum Gasteiger partial charge on any atom is 0.118 e. The van der Waals surface area contributed by atoms with Gasteiger partial charge < -0.3 is 10.1 Å². The van der Waals surface area contributed by atoms with Crippen molar-refractivity contribution in [2.45, 2.75) is 57.7 Å². The van der Waals surface area contributed by atoms with Crippen molar-refractivity contribution in [2.75, 3.05) is 19.4 Å². The topological polar surface area (TPSA) is 21.3 Å². The van der Waals surface area contributed by atoms with Crippen molar-refractivity contribution in [2.24, 2.45) is 0 Å². The fourth-order valence-corrected chi connectivity index (χ4v) is 3.06. The first kappa shape index (κ1) is 18.4. The molecule has 1 aromatic carbocycles. The maximum absolute atomic E-state index is 5.21. The van der Waals surface area contributed by atoms with Crippen molar-refractivity contribution in [1.82, 2.24) is 5.32 Å². The highest BCUT2D eigenvalue weighted by Gasteiger charge is 2.15. The normalized spacial score (nSPS) is 13.2. The minimum absolute atomic E-state index is 0.340. The van der Waals surface area contributed by atoms with Crippen molar-refractivity contribution in [3.8, 4) is 5.75 Å². The number of aryl methyl sites for hydroxylation is 1. The Morgan fingerprint density at radius 2 is 1.86 bits per heavy atom. The van der Waals surface area contributed by atoms with Crippen LogP contribution < -0.4 is 10.1 Å². The lowest BCUT2D eigenvalue weighted by atomic mass is 10.1. The Morgan fingerprint density at radius 1 is 1.19 bits per heavy atom. The lowest BCUT2D eigenvalue weighted by Crippen LogP contribution is -2.33. The highest BCUT2D eigenvalue weighted by atomic mass is 32.2. The summed E-state index contributed by atoms with van der Waals surface area (Å²) < 4.78 is 5.55. The number of hydrogen-bond donors (Lipinski definition) is 1. The standard InChI is InChI=1S/C18H31NOS/c1-6-13-19-16(14-21-18(2,3)4)10-7-15-8-11-17(20-5)12-9-15/h8-9,11-12,16,19H,6-7,10,13-14H2,1-5H3. The van der Waals surface area contributed by atoms with Gasteiger partial charge >= 0.3 is 0 Å². The van der Waals surface area contributed by atoms with E-state index in [1.807, 2.05) is 12.1 Å². The second kappa shape index (κ2) is 9.37. The molecule has 120 valence electrons. The minimum Gasteiger partial charge on any atom is -0.497 e. The molecule has 0 spiro atoms. The number of nitrogens with one attached hydrogen (secondary N) is 1. The van der Waals surface area contributed by atoms with Gasteiger partial charge in [0.2, 0.25) is 0 Å². The van der Waals surface area contributed by atoms with E-state index in [2.05, 4.69) is 56.9 Å². The molecule has 1 atom stereocenters. The van der Waals surface area contributed by atoms with Crippen molar-refractivity contribution >= 4 is 11.8 Å². The highest BCUT2D eigenvalue weighted by Crippen LogP contribution is 2.25. The summed E-state index contributed by atoms with van der Waals surface area (Å²) in [5.74, 6) is 2.11. The molecule has 0 bridgehead atoms. The van der Waals surface area contributed by atoms with Gasteiger partial charge in [0, 0.05) is 16.5 Å². The minimum atomic E-state index is 0.340. The second-order valence-electron chi connectivity index (χ2n) is 6.46. The molecule has 1 aromatic rings. The van der Waals surface area contributed by atoms with Gasteiger partial charge in [-0.1, -0.05) is 39.8 Å². The Labute approximate surface area is 135 Å². The van der Waals surface area contributed by atoms with Gasteiger partial charge in [0.25, 0.3) is 0 Å². The number of hydrogen-bond acceptors (Lipinski definition) is 3. The fraction of sp³-hybridized carbons (Fsp3) is 0.667. The predicted molar refractivity (Wildman–Crippen MR) is 95.6 cm³/mol. The Hall–Kier alpha value is -0.670. The molecule has 0 radical (unpaired) electrons. The number of methoxy groups -OCH3 is 1. The summed E-state index contributed by atoms with van der Waals surface area (Å²) in [7, 11) is 1.71.